The molecule has 1 unspecified atom stereocenters. The van der Waals surface area contributed by atoms with Crippen molar-refractivity contribution in [1.29, 1.82) is 0 Å². The smallest absolute Gasteiger partial charge is 0.175 e. The average Bonchev–Trinajstić information content (AvgIpc) is 2.88. The van der Waals surface area contributed by atoms with Crippen molar-refractivity contribution in [1.82, 2.24) is 0 Å². The van der Waals surface area contributed by atoms with Crippen LogP contribution in [0.5, 0.6) is 0 Å². The third-order valence-electron chi connectivity index (χ3n) is 6.12. The summed E-state index contributed by atoms with van der Waals surface area (Å²) in [5.74, 6) is -0.280. The first-order valence-electron chi connectivity index (χ1n) is 6.89. The fourth-order valence-corrected chi connectivity index (χ4v) is 4.50. The Labute approximate surface area is 108 Å². The van der Waals surface area contributed by atoms with E-state index in [1.165, 1.54) is 0 Å². The lowest BCUT2D eigenvalue weighted by atomic mass is 9.50. The lowest BCUT2D eigenvalue weighted by Gasteiger charge is -2.61. The van der Waals surface area contributed by atoms with E-state index in [0.717, 1.165) is 19.3 Å². The van der Waals surface area contributed by atoms with Crippen LogP contribution in [0.4, 0.5) is 0 Å². The maximum absolute atomic E-state index is 12.3. The minimum Gasteiger partial charge on any atom is -0.347 e. The van der Waals surface area contributed by atoms with Crippen LogP contribution in [-0.2, 0) is 14.3 Å². The fourth-order valence-electron chi connectivity index (χ4n) is 4.50. The summed E-state index contributed by atoms with van der Waals surface area (Å²) in [5, 5.41) is 0. The van der Waals surface area contributed by atoms with Gasteiger partial charge in [-0.1, -0.05) is 20.8 Å². The lowest BCUT2D eigenvalue weighted by molar-refractivity contribution is -0.281. The summed E-state index contributed by atoms with van der Waals surface area (Å²) in [6.07, 6.45) is 2.86. The molecule has 18 heavy (non-hydrogen) atoms. The standard InChI is InChI=1S/C14H23NO3/c1-11(2)13(15)5-4-10(16)12(13,3)6-7-14(11)17-8-9-18-14/h4-9,15H2,1-3H3/t12-,13?/m1/s1. The molecule has 1 spiro atoms. The minimum atomic E-state index is -0.591. The summed E-state index contributed by atoms with van der Waals surface area (Å²) in [6.45, 7) is 7.50. The van der Waals surface area contributed by atoms with Gasteiger partial charge in [-0.15, -0.1) is 0 Å². The SMILES string of the molecule is CC1(C)C2(CC[C@]3(C)C(=O)CCC13N)OCCO2. The Hall–Kier alpha value is -0.450. The van der Waals surface area contributed by atoms with Gasteiger partial charge in [-0.25, -0.2) is 0 Å². The highest BCUT2D eigenvalue weighted by Crippen LogP contribution is 2.64. The van der Waals surface area contributed by atoms with Crippen molar-refractivity contribution in [3.8, 4) is 0 Å². The second-order valence-electron chi connectivity index (χ2n) is 6.80. The number of carbonyl (C=O) groups excluding carboxylic acids is 1. The molecular formula is C14H23NO3. The number of hydrogen-bond acceptors (Lipinski definition) is 4. The molecule has 3 rings (SSSR count). The van der Waals surface area contributed by atoms with Crippen LogP contribution >= 0.6 is 0 Å². The zero-order chi connectivity index (χ0) is 13.2. The molecule has 0 aromatic carbocycles. The monoisotopic (exact) mass is 253 g/mol. The van der Waals surface area contributed by atoms with Gasteiger partial charge in [0, 0.05) is 29.2 Å². The molecule has 0 aromatic heterocycles. The van der Waals surface area contributed by atoms with Gasteiger partial charge >= 0.3 is 0 Å². The number of carbonyl (C=O) groups is 1. The third kappa shape index (κ3) is 1.11. The van der Waals surface area contributed by atoms with Gasteiger partial charge in [-0.2, -0.15) is 0 Å². The molecule has 3 fully saturated rings. The largest absolute Gasteiger partial charge is 0.347 e. The van der Waals surface area contributed by atoms with Gasteiger partial charge in [0.25, 0.3) is 0 Å². The van der Waals surface area contributed by atoms with Crippen LogP contribution in [0.3, 0.4) is 0 Å². The Morgan fingerprint density at radius 2 is 1.67 bits per heavy atom. The molecule has 4 nitrogen and oxygen atoms in total. The molecule has 1 saturated heterocycles. The summed E-state index contributed by atoms with van der Waals surface area (Å²) in [4.78, 5) is 12.3. The van der Waals surface area contributed by atoms with E-state index >= 15 is 0 Å². The first-order chi connectivity index (χ1) is 8.29. The highest BCUT2D eigenvalue weighted by Gasteiger charge is 2.72. The van der Waals surface area contributed by atoms with Gasteiger partial charge in [0.15, 0.2) is 5.79 Å². The molecule has 4 heteroatoms. The van der Waals surface area contributed by atoms with Crippen molar-refractivity contribution in [2.75, 3.05) is 13.2 Å². The predicted octanol–water partition coefficient (Wildman–Crippen LogP) is 1.62. The number of Topliss-reactive ketones (excluding diaryl/α,β-unsaturated/α-hetero) is 1. The highest BCUT2D eigenvalue weighted by molar-refractivity contribution is 5.89. The van der Waals surface area contributed by atoms with Crippen molar-refractivity contribution >= 4 is 5.78 Å². The van der Waals surface area contributed by atoms with E-state index in [1.807, 2.05) is 6.92 Å². The minimum absolute atomic E-state index is 0.311. The summed E-state index contributed by atoms with van der Waals surface area (Å²) in [5.41, 5.74) is 5.44. The Balaban J connectivity index is 2.10. The second kappa shape index (κ2) is 3.35. The molecule has 2 aliphatic carbocycles. The predicted molar refractivity (Wildman–Crippen MR) is 66.9 cm³/mol. The molecule has 0 aromatic rings. The molecule has 0 bridgehead atoms. The fraction of sp³-hybridized carbons (Fsp3) is 0.929. The molecular weight excluding hydrogens is 230 g/mol. The maximum atomic E-state index is 12.3. The Kier molecular flexibility index (Phi) is 2.34. The Bertz CT molecular complexity index is 400. The lowest BCUT2D eigenvalue weighted by Crippen LogP contribution is -2.72. The summed E-state index contributed by atoms with van der Waals surface area (Å²) < 4.78 is 11.9. The van der Waals surface area contributed by atoms with E-state index in [9.17, 15) is 4.79 Å². The summed E-state index contributed by atoms with van der Waals surface area (Å²) >= 11 is 0. The van der Waals surface area contributed by atoms with Crippen LogP contribution in [0, 0.1) is 10.8 Å². The average molecular weight is 253 g/mol. The van der Waals surface area contributed by atoms with Crippen LogP contribution in [0.25, 0.3) is 0 Å². The van der Waals surface area contributed by atoms with E-state index in [4.69, 9.17) is 15.2 Å². The molecule has 1 aliphatic heterocycles. The number of ketones is 1. The van der Waals surface area contributed by atoms with Crippen molar-refractivity contribution < 1.29 is 14.3 Å². The molecule has 1 heterocycles. The zero-order valence-corrected chi connectivity index (χ0v) is 11.5. The van der Waals surface area contributed by atoms with Crippen LogP contribution < -0.4 is 5.73 Å². The van der Waals surface area contributed by atoms with Crippen molar-refractivity contribution in [3.63, 3.8) is 0 Å². The molecule has 0 radical (unpaired) electrons. The second-order valence-corrected chi connectivity index (χ2v) is 6.80. The van der Waals surface area contributed by atoms with Crippen LogP contribution in [0.15, 0.2) is 0 Å². The summed E-state index contributed by atoms with van der Waals surface area (Å²) in [6, 6.07) is 0. The van der Waals surface area contributed by atoms with Crippen LogP contribution in [-0.4, -0.2) is 30.3 Å². The number of nitrogens with two attached hydrogens (primary N) is 1. The van der Waals surface area contributed by atoms with Crippen molar-refractivity contribution in [3.05, 3.63) is 0 Å². The molecule has 2 N–H and O–H groups in total. The van der Waals surface area contributed by atoms with Gasteiger partial charge in [-0.3, -0.25) is 4.79 Å². The van der Waals surface area contributed by atoms with E-state index in [-0.39, 0.29) is 5.41 Å². The summed E-state index contributed by atoms with van der Waals surface area (Å²) in [7, 11) is 0. The third-order valence-corrected chi connectivity index (χ3v) is 6.12. The van der Waals surface area contributed by atoms with Crippen molar-refractivity contribution in [2.24, 2.45) is 16.6 Å². The van der Waals surface area contributed by atoms with Gasteiger partial charge in [0.2, 0.25) is 0 Å². The zero-order valence-electron chi connectivity index (χ0n) is 11.5. The van der Waals surface area contributed by atoms with Gasteiger partial charge in [-0.05, 0) is 12.8 Å². The molecule has 3 aliphatic rings. The number of hydrogen-bond donors (Lipinski definition) is 1. The normalized spacial score (nSPS) is 45.4. The van der Waals surface area contributed by atoms with Crippen LogP contribution in [0.1, 0.15) is 46.5 Å². The highest BCUT2D eigenvalue weighted by atomic mass is 16.7. The molecule has 2 atom stereocenters. The molecule has 0 amide bonds. The molecule has 2 saturated carbocycles. The van der Waals surface area contributed by atoms with Gasteiger partial charge in [0.1, 0.15) is 5.78 Å². The van der Waals surface area contributed by atoms with Crippen molar-refractivity contribution in [2.45, 2.75) is 57.8 Å². The number of rotatable bonds is 0. The van der Waals surface area contributed by atoms with E-state index < -0.39 is 16.7 Å². The van der Waals surface area contributed by atoms with E-state index in [2.05, 4.69) is 13.8 Å². The van der Waals surface area contributed by atoms with E-state index in [1.54, 1.807) is 0 Å². The first-order valence-corrected chi connectivity index (χ1v) is 6.89. The molecule has 102 valence electrons. The van der Waals surface area contributed by atoms with Crippen LogP contribution in [0.2, 0.25) is 0 Å². The Morgan fingerprint density at radius 1 is 1.06 bits per heavy atom. The number of fused-ring (bicyclic) bond motifs is 1. The maximum Gasteiger partial charge on any atom is 0.175 e. The Morgan fingerprint density at radius 3 is 2.28 bits per heavy atom. The van der Waals surface area contributed by atoms with E-state index in [0.29, 0.717) is 25.4 Å². The van der Waals surface area contributed by atoms with Gasteiger partial charge in [0.05, 0.1) is 13.2 Å². The topological polar surface area (TPSA) is 61.6 Å². The first kappa shape index (κ1) is 12.6. The quantitative estimate of drug-likeness (QED) is 0.712. The number of ether oxygens (including phenoxy) is 2. The van der Waals surface area contributed by atoms with Gasteiger partial charge < -0.3 is 15.2 Å².